The molecule has 0 spiro atoms. The van der Waals surface area contributed by atoms with Crippen molar-refractivity contribution < 1.29 is 14.6 Å². The number of nitrogens with zero attached hydrogens (tertiary/aromatic N) is 2. The summed E-state index contributed by atoms with van der Waals surface area (Å²) < 4.78 is 5.52. The van der Waals surface area contributed by atoms with Crippen molar-refractivity contribution in [3.8, 4) is 17.7 Å². The molecule has 0 aliphatic rings. The van der Waals surface area contributed by atoms with Crippen LogP contribution in [-0.4, -0.2) is 16.1 Å². The summed E-state index contributed by atoms with van der Waals surface area (Å²) in [6.45, 7) is 1.63. The second kappa shape index (κ2) is 5.59. The third kappa shape index (κ3) is 2.56. The fourth-order valence-electron chi connectivity index (χ4n) is 1.64. The maximum absolute atomic E-state index is 11.1. The van der Waals surface area contributed by atoms with Gasteiger partial charge in [-0.2, -0.15) is 5.26 Å². The zero-order chi connectivity index (χ0) is 14.7. The highest BCUT2D eigenvalue weighted by molar-refractivity contribution is 6.33. The van der Waals surface area contributed by atoms with E-state index in [1.807, 2.05) is 6.07 Å². The van der Waals surface area contributed by atoms with Gasteiger partial charge in [0.05, 0.1) is 11.1 Å². The normalized spacial score (nSPS) is 9.85. The van der Waals surface area contributed by atoms with Crippen LogP contribution in [0.5, 0.6) is 11.6 Å². The van der Waals surface area contributed by atoms with Gasteiger partial charge in [0.2, 0.25) is 5.88 Å². The number of carboxylic acids is 1. The summed E-state index contributed by atoms with van der Waals surface area (Å²) in [6, 6.07) is 8.04. The average molecular weight is 289 g/mol. The molecule has 100 valence electrons. The standard InChI is InChI=1S/C14H9ClN2O3/c1-8-10(14(18)19)3-2-4-11(8)20-13-12(15)9(7-16)5-6-17-13/h2-6H,1H3,(H,18,19). The van der Waals surface area contributed by atoms with E-state index >= 15 is 0 Å². The summed E-state index contributed by atoms with van der Waals surface area (Å²) in [6.07, 6.45) is 1.40. The molecule has 1 heterocycles. The molecule has 20 heavy (non-hydrogen) atoms. The van der Waals surface area contributed by atoms with Crippen LogP contribution in [0, 0.1) is 18.3 Å². The van der Waals surface area contributed by atoms with E-state index in [0.717, 1.165) is 0 Å². The molecule has 2 rings (SSSR count). The quantitative estimate of drug-likeness (QED) is 0.935. The molecule has 1 N–H and O–H groups in total. The minimum absolute atomic E-state index is 0.0661. The fourth-order valence-corrected chi connectivity index (χ4v) is 1.84. The highest BCUT2D eigenvalue weighted by atomic mass is 35.5. The Labute approximate surface area is 120 Å². The van der Waals surface area contributed by atoms with Crippen LogP contribution >= 0.6 is 11.6 Å². The number of ether oxygens (including phenoxy) is 1. The van der Waals surface area contributed by atoms with E-state index in [1.165, 1.54) is 18.3 Å². The van der Waals surface area contributed by atoms with Crippen molar-refractivity contribution in [3.63, 3.8) is 0 Å². The van der Waals surface area contributed by atoms with Crippen LogP contribution in [-0.2, 0) is 0 Å². The van der Waals surface area contributed by atoms with Crippen LogP contribution in [0.1, 0.15) is 21.5 Å². The maximum atomic E-state index is 11.1. The molecule has 6 heteroatoms. The van der Waals surface area contributed by atoms with Gasteiger partial charge in [0.1, 0.15) is 16.8 Å². The molecule has 0 unspecified atom stereocenters. The molecule has 0 fully saturated rings. The van der Waals surface area contributed by atoms with Gasteiger partial charge in [-0.1, -0.05) is 17.7 Å². The van der Waals surface area contributed by atoms with Crippen molar-refractivity contribution in [3.05, 3.63) is 52.2 Å². The molecule has 1 aromatic heterocycles. The number of hydrogen-bond acceptors (Lipinski definition) is 4. The van der Waals surface area contributed by atoms with E-state index in [1.54, 1.807) is 19.1 Å². The van der Waals surface area contributed by atoms with Crippen molar-refractivity contribution in [1.29, 1.82) is 5.26 Å². The lowest BCUT2D eigenvalue weighted by Gasteiger charge is -2.11. The molecule has 0 bridgehead atoms. The van der Waals surface area contributed by atoms with Gasteiger partial charge < -0.3 is 9.84 Å². The molecule has 2 aromatic rings. The monoisotopic (exact) mass is 288 g/mol. The summed E-state index contributed by atoms with van der Waals surface area (Å²) >= 11 is 5.99. The molecule has 0 saturated heterocycles. The van der Waals surface area contributed by atoms with Crippen molar-refractivity contribution >= 4 is 17.6 Å². The molecule has 0 aliphatic heterocycles. The molecule has 0 saturated carbocycles. The number of pyridine rings is 1. The molecule has 1 aromatic carbocycles. The number of hydrogen-bond donors (Lipinski definition) is 1. The summed E-state index contributed by atoms with van der Waals surface area (Å²) in [4.78, 5) is 15.0. The van der Waals surface area contributed by atoms with Crippen LogP contribution in [0.25, 0.3) is 0 Å². The van der Waals surface area contributed by atoms with Gasteiger partial charge in [0.15, 0.2) is 0 Å². The molecular weight excluding hydrogens is 280 g/mol. The average Bonchev–Trinajstić information content (AvgIpc) is 2.43. The first-order valence-electron chi connectivity index (χ1n) is 5.60. The minimum atomic E-state index is -1.04. The Morgan fingerprint density at radius 1 is 1.45 bits per heavy atom. The van der Waals surface area contributed by atoms with Gasteiger partial charge in [-0.3, -0.25) is 0 Å². The Kier molecular flexibility index (Phi) is 3.87. The predicted molar refractivity (Wildman–Crippen MR) is 72.2 cm³/mol. The molecule has 0 atom stereocenters. The van der Waals surface area contributed by atoms with E-state index in [9.17, 15) is 4.79 Å². The van der Waals surface area contributed by atoms with Crippen LogP contribution in [0.3, 0.4) is 0 Å². The van der Waals surface area contributed by atoms with Gasteiger partial charge in [-0.25, -0.2) is 9.78 Å². The number of aromatic nitrogens is 1. The second-order valence-corrected chi connectivity index (χ2v) is 4.30. The van der Waals surface area contributed by atoms with Crippen molar-refractivity contribution in [1.82, 2.24) is 4.98 Å². The summed E-state index contributed by atoms with van der Waals surface area (Å²) in [7, 11) is 0. The van der Waals surface area contributed by atoms with Gasteiger partial charge in [0, 0.05) is 11.8 Å². The number of rotatable bonds is 3. The Bertz CT molecular complexity index is 723. The van der Waals surface area contributed by atoms with Gasteiger partial charge >= 0.3 is 5.97 Å². The topological polar surface area (TPSA) is 83.2 Å². The Balaban J connectivity index is 2.44. The van der Waals surface area contributed by atoms with Gasteiger partial charge in [-0.05, 0) is 25.1 Å². The number of benzene rings is 1. The lowest BCUT2D eigenvalue weighted by atomic mass is 10.1. The van der Waals surface area contributed by atoms with Gasteiger partial charge in [-0.15, -0.1) is 0 Å². The molecular formula is C14H9ClN2O3. The van der Waals surface area contributed by atoms with E-state index in [2.05, 4.69) is 4.98 Å². The first-order valence-corrected chi connectivity index (χ1v) is 5.97. The molecule has 0 amide bonds. The lowest BCUT2D eigenvalue weighted by molar-refractivity contribution is 0.0695. The van der Waals surface area contributed by atoms with Crippen LogP contribution in [0.15, 0.2) is 30.5 Å². The van der Waals surface area contributed by atoms with Crippen LogP contribution in [0.4, 0.5) is 0 Å². The van der Waals surface area contributed by atoms with Crippen LogP contribution < -0.4 is 4.74 Å². The number of halogens is 1. The van der Waals surface area contributed by atoms with E-state index in [4.69, 9.17) is 26.7 Å². The predicted octanol–water partition coefficient (Wildman–Crippen LogP) is 3.41. The Morgan fingerprint density at radius 2 is 2.20 bits per heavy atom. The van der Waals surface area contributed by atoms with Crippen molar-refractivity contribution in [2.45, 2.75) is 6.92 Å². The first kappa shape index (κ1) is 13.8. The zero-order valence-corrected chi connectivity index (χ0v) is 11.2. The van der Waals surface area contributed by atoms with E-state index in [-0.39, 0.29) is 22.0 Å². The highest BCUT2D eigenvalue weighted by Gasteiger charge is 2.14. The number of nitriles is 1. The minimum Gasteiger partial charge on any atom is -0.478 e. The largest absolute Gasteiger partial charge is 0.478 e. The molecule has 0 aliphatic carbocycles. The number of carbonyl (C=O) groups is 1. The van der Waals surface area contributed by atoms with E-state index < -0.39 is 5.97 Å². The van der Waals surface area contributed by atoms with E-state index in [0.29, 0.717) is 11.3 Å². The Hall–Kier alpha value is -2.58. The summed E-state index contributed by atoms with van der Waals surface area (Å²) in [5.74, 6) is -0.650. The molecule has 0 radical (unpaired) electrons. The first-order chi connectivity index (χ1) is 9.54. The van der Waals surface area contributed by atoms with Gasteiger partial charge in [0.25, 0.3) is 0 Å². The maximum Gasteiger partial charge on any atom is 0.336 e. The summed E-state index contributed by atoms with van der Waals surface area (Å²) in [5.41, 5.74) is 0.832. The Morgan fingerprint density at radius 3 is 2.85 bits per heavy atom. The number of carboxylic acid groups (broad SMARTS) is 1. The molecule has 5 nitrogen and oxygen atoms in total. The second-order valence-electron chi connectivity index (χ2n) is 3.93. The van der Waals surface area contributed by atoms with Crippen molar-refractivity contribution in [2.75, 3.05) is 0 Å². The lowest BCUT2D eigenvalue weighted by Crippen LogP contribution is -2.01. The smallest absolute Gasteiger partial charge is 0.336 e. The number of aromatic carboxylic acids is 1. The fraction of sp³-hybridized carbons (Fsp3) is 0.0714. The third-order valence-corrected chi connectivity index (χ3v) is 3.06. The highest BCUT2D eigenvalue weighted by Crippen LogP contribution is 2.32. The zero-order valence-electron chi connectivity index (χ0n) is 10.4. The van der Waals surface area contributed by atoms with Crippen LogP contribution in [0.2, 0.25) is 5.02 Å². The third-order valence-electron chi connectivity index (χ3n) is 2.70. The SMILES string of the molecule is Cc1c(Oc2nccc(C#N)c2Cl)cccc1C(=O)O. The summed E-state index contributed by atoms with van der Waals surface area (Å²) in [5, 5.41) is 18.0. The van der Waals surface area contributed by atoms with Crippen molar-refractivity contribution in [2.24, 2.45) is 0 Å².